The molecule has 0 aliphatic carbocycles. The summed E-state index contributed by atoms with van der Waals surface area (Å²) in [5.74, 6) is 0. The minimum atomic E-state index is 0.761. The number of unbranched alkanes of at least 4 members (excludes halogenated alkanes) is 1. The van der Waals surface area contributed by atoms with Gasteiger partial charge in [0.05, 0.1) is 0 Å². The van der Waals surface area contributed by atoms with Crippen LogP contribution < -0.4 is 11.1 Å². The van der Waals surface area contributed by atoms with Gasteiger partial charge in [-0.15, -0.1) is 0 Å². The Morgan fingerprint density at radius 3 is 2.60 bits per heavy atom. The second-order valence-corrected chi connectivity index (χ2v) is 2.24. The molecule has 0 aromatic rings. The Morgan fingerprint density at radius 1 is 1.30 bits per heavy atom. The van der Waals surface area contributed by atoms with Crippen LogP contribution in [0.5, 0.6) is 0 Å². The number of nitrogens with two attached hydrogens (primary N) is 1. The van der Waals surface area contributed by atoms with Crippen molar-refractivity contribution in [2.45, 2.75) is 19.3 Å². The Labute approximate surface area is 62.5 Å². The number of nitrogens with one attached hydrogen (secondary N) is 2. The van der Waals surface area contributed by atoms with E-state index >= 15 is 0 Å². The van der Waals surface area contributed by atoms with E-state index in [4.69, 9.17) is 11.1 Å². The van der Waals surface area contributed by atoms with Gasteiger partial charge in [0, 0.05) is 0 Å². The fourth-order valence-corrected chi connectivity index (χ4v) is 0.681. The van der Waals surface area contributed by atoms with E-state index in [1.54, 1.807) is 0 Å². The van der Waals surface area contributed by atoms with E-state index in [0.717, 1.165) is 38.9 Å². The second kappa shape index (κ2) is 8.59. The molecule has 0 saturated carbocycles. The molecule has 0 spiro atoms. The Morgan fingerprint density at radius 2 is 2.00 bits per heavy atom. The fourth-order valence-electron chi connectivity index (χ4n) is 0.681. The van der Waals surface area contributed by atoms with E-state index in [-0.39, 0.29) is 0 Å². The second-order valence-electron chi connectivity index (χ2n) is 2.24. The van der Waals surface area contributed by atoms with Crippen LogP contribution >= 0.6 is 0 Å². The molecular formula is C7H17N3. The molecule has 0 aromatic heterocycles. The van der Waals surface area contributed by atoms with E-state index < -0.39 is 0 Å². The molecule has 10 heavy (non-hydrogen) atoms. The molecule has 0 atom stereocenters. The van der Waals surface area contributed by atoms with Gasteiger partial charge in [-0.2, -0.15) is 0 Å². The van der Waals surface area contributed by atoms with Gasteiger partial charge in [0.2, 0.25) is 0 Å². The van der Waals surface area contributed by atoms with E-state index in [1.807, 2.05) is 0 Å². The van der Waals surface area contributed by atoms with Gasteiger partial charge in [-0.05, 0) is 45.1 Å². The van der Waals surface area contributed by atoms with Crippen LogP contribution in [0.1, 0.15) is 19.3 Å². The molecule has 60 valence electrons. The van der Waals surface area contributed by atoms with Gasteiger partial charge in [0.1, 0.15) is 0 Å². The van der Waals surface area contributed by atoms with Crippen molar-refractivity contribution in [3.63, 3.8) is 0 Å². The number of hydrogen-bond acceptors (Lipinski definition) is 3. The first kappa shape index (κ1) is 9.59. The fraction of sp³-hybridized carbons (Fsp3) is 0.857. The van der Waals surface area contributed by atoms with Crippen molar-refractivity contribution in [3.8, 4) is 0 Å². The van der Waals surface area contributed by atoms with Crippen LogP contribution in [-0.2, 0) is 0 Å². The van der Waals surface area contributed by atoms with E-state index in [2.05, 4.69) is 5.32 Å². The summed E-state index contributed by atoms with van der Waals surface area (Å²) >= 11 is 0. The van der Waals surface area contributed by atoms with Crippen LogP contribution in [-0.4, -0.2) is 25.8 Å². The van der Waals surface area contributed by atoms with Gasteiger partial charge < -0.3 is 16.5 Å². The normalized spacial score (nSPS) is 9.70. The highest BCUT2D eigenvalue weighted by atomic mass is 14.8. The Bertz CT molecular complexity index is 73.3. The molecule has 0 bridgehead atoms. The first-order valence-electron chi connectivity index (χ1n) is 3.81. The van der Waals surface area contributed by atoms with Crippen LogP contribution in [0.2, 0.25) is 0 Å². The van der Waals surface area contributed by atoms with Gasteiger partial charge in [-0.3, -0.25) is 0 Å². The molecule has 0 aromatic carbocycles. The molecule has 3 heteroatoms. The van der Waals surface area contributed by atoms with Crippen LogP contribution in [0.15, 0.2) is 0 Å². The standard InChI is InChI=1S/C7H17N3/c8-4-1-2-6-10-7-3-5-9/h4,8,10H,1-3,5-7,9H2. The summed E-state index contributed by atoms with van der Waals surface area (Å²) in [5, 5.41) is 9.98. The zero-order valence-electron chi connectivity index (χ0n) is 6.40. The monoisotopic (exact) mass is 143 g/mol. The summed E-state index contributed by atoms with van der Waals surface area (Å²) in [7, 11) is 0. The summed E-state index contributed by atoms with van der Waals surface area (Å²) in [4.78, 5) is 0. The van der Waals surface area contributed by atoms with Crippen molar-refractivity contribution in [2.24, 2.45) is 5.73 Å². The highest BCUT2D eigenvalue weighted by molar-refractivity contribution is 5.52. The smallest absolute Gasteiger partial charge is 0.00369 e. The molecular weight excluding hydrogens is 126 g/mol. The van der Waals surface area contributed by atoms with Crippen molar-refractivity contribution < 1.29 is 0 Å². The molecule has 4 N–H and O–H groups in total. The van der Waals surface area contributed by atoms with Crippen LogP contribution in [0.25, 0.3) is 0 Å². The zero-order valence-corrected chi connectivity index (χ0v) is 6.40. The summed E-state index contributed by atoms with van der Waals surface area (Å²) in [6.07, 6.45) is 4.44. The molecule has 0 unspecified atom stereocenters. The van der Waals surface area contributed by atoms with Crippen molar-refractivity contribution in [3.05, 3.63) is 0 Å². The van der Waals surface area contributed by atoms with Crippen molar-refractivity contribution >= 4 is 6.21 Å². The lowest BCUT2D eigenvalue weighted by Crippen LogP contribution is -2.19. The topological polar surface area (TPSA) is 61.9 Å². The largest absolute Gasteiger partial charge is 0.330 e. The number of rotatable bonds is 7. The minimum Gasteiger partial charge on any atom is -0.330 e. The predicted octanol–water partition coefficient (Wildman–Crippen LogP) is 0.355. The molecule has 0 fully saturated rings. The number of hydrogen-bond donors (Lipinski definition) is 3. The highest BCUT2D eigenvalue weighted by Crippen LogP contribution is 1.80. The quantitative estimate of drug-likeness (QED) is 0.356. The lowest BCUT2D eigenvalue weighted by atomic mass is 10.3. The van der Waals surface area contributed by atoms with E-state index in [1.165, 1.54) is 6.21 Å². The van der Waals surface area contributed by atoms with E-state index in [9.17, 15) is 0 Å². The first-order valence-corrected chi connectivity index (χ1v) is 3.81. The SMILES string of the molecule is N=CCCCNCCCN. The Kier molecular flexibility index (Phi) is 8.24. The summed E-state index contributed by atoms with van der Waals surface area (Å²) in [6, 6.07) is 0. The van der Waals surface area contributed by atoms with Crippen molar-refractivity contribution in [1.29, 1.82) is 5.41 Å². The Balaban J connectivity index is 2.70. The van der Waals surface area contributed by atoms with Crippen LogP contribution in [0.4, 0.5) is 0 Å². The van der Waals surface area contributed by atoms with Gasteiger partial charge in [0.25, 0.3) is 0 Å². The molecule has 0 aliphatic heterocycles. The highest BCUT2D eigenvalue weighted by Gasteiger charge is 1.84. The summed E-state index contributed by atoms with van der Waals surface area (Å²) < 4.78 is 0. The average Bonchev–Trinajstić information content (AvgIpc) is 1.97. The molecule has 3 nitrogen and oxygen atoms in total. The zero-order chi connectivity index (χ0) is 7.66. The van der Waals surface area contributed by atoms with Crippen molar-refractivity contribution in [2.75, 3.05) is 19.6 Å². The maximum atomic E-state index is 6.75. The van der Waals surface area contributed by atoms with Crippen molar-refractivity contribution in [1.82, 2.24) is 5.32 Å². The first-order chi connectivity index (χ1) is 4.91. The van der Waals surface area contributed by atoms with Gasteiger partial charge in [0.15, 0.2) is 0 Å². The van der Waals surface area contributed by atoms with Crippen LogP contribution in [0, 0.1) is 5.41 Å². The van der Waals surface area contributed by atoms with Gasteiger partial charge in [-0.25, -0.2) is 0 Å². The third-order valence-electron chi connectivity index (χ3n) is 1.26. The van der Waals surface area contributed by atoms with Crippen LogP contribution in [0.3, 0.4) is 0 Å². The maximum absolute atomic E-state index is 6.75. The van der Waals surface area contributed by atoms with Gasteiger partial charge in [-0.1, -0.05) is 0 Å². The molecule has 0 radical (unpaired) electrons. The van der Waals surface area contributed by atoms with Gasteiger partial charge >= 0.3 is 0 Å². The van der Waals surface area contributed by atoms with E-state index in [0.29, 0.717) is 0 Å². The molecule has 0 rings (SSSR count). The summed E-state index contributed by atoms with van der Waals surface area (Å²) in [5.41, 5.74) is 5.29. The lowest BCUT2D eigenvalue weighted by Gasteiger charge is -2.00. The maximum Gasteiger partial charge on any atom is -0.00369 e. The third kappa shape index (κ3) is 7.59. The predicted molar refractivity (Wildman–Crippen MR) is 44.6 cm³/mol. The Hall–Kier alpha value is -0.410. The molecule has 0 heterocycles. The lowest BCUT2D eigenvalue weighted by molar-refractivity contribution is 0.636. The molecule has 0 aliphatic rings. The summed E-state index contributed by atoms with van der Waals surface area (Å²) in [6.45, 7) is 2.78. The third-order valence-corrected chi connectivity index (χ3v) is 1.26. The average molecular weight is 143 g/mol. The molecule has 0 saturated heterocycles. The minimum absolute atomic E-state index is 0.761. The molecule has 0 amide bonds.